The van der Waals surface area contributed by atoms with Crippen LogP contribution in [-0.4, -0.2) is 32.2 Å². The molecule has 0 unspecified atom stereocenters. The second-order valence-electron chi connectivity index (χ2n) is 6.23. The van der Waals surface area contributed by atoms with E-state index in [1.54, 1.807) is 12.1 Å². The van der Waals surface area contributed by atoms with Crippen LogP contribution in [0.3, 0.4) is 0 Å². The van der Waals surface area contributed by atoms with Gasteiger partial charge in [0.05, 0.1) is 33.6 Å². The van der Waals surface area contributed by atoms with E-state index >= 15 is 0 Å². The summed E-state index contributed by atoms with van der Waals surface area (Å²) in [5.41, 5.74) is 2.26. The quantitative estimate of drug-likeness (QED) is 0.676. The fourth-order valence-corrected chi connectivity index (χ4v) is 3.13. The molecule has 6 heteroatoms. The summed E-state index contributed by atoms with van der Waals surface area (Å²) in [6.07, 6.45) is 0.832. The van der Waals surface area contributed by atoms with Crippen LogP contribution in [0.2, 0.25) is 0 Å². The highest BCUT2D eigenvalue weighted by Gasteiger charge is 2.17. The molecule has 0 radical (unpaired) electrons. The predicted octanol–water partition coefficient (Wildman–Crippen LogP) is 3.75. The van der Waals surface area contributed by atoms with Crippen LogP contribution in [0.25, 0.3) is 10.8 Å². The van der Waals surface area contributed by atoms with Crippen LogP contribution in [0.15, 0.2) is 42.5 Å². The number of pyridine rings is 1. The lowest BCUT2D eigenvalue weighted by atomic mass is 10.1. The molecule has 0 aliphatic heterocycles. The highest BCUT2D eigenvalue weighted by atomic mass is 16.5. The third kappa shape index (κ3) is 3.86. The molecule has 0 aliphatic carbocycles. The van der Waals surface area contributed by atoms with E-state index in [1.165, 1.54) is 21.3 Å². The molecular weight excluding hydrogens is 356 g/mol. The zero-order valence-electron chi connectivity index (χ0n) is 16.5. The van der Waals surface area contributed by atoms with E-state index in [4.69, 9.17) is 19.2 Å². The number of hydrogen-bond acceptors (Lipinski definition) is 5. The predicted molar refractivity (Wildman–Crippen MR) is 108 cm³/mol. The van der Waals surface area contributed by atoms with Gasteiger partial charge in [-0.3, -0.25) is 9.78 Å². The first kappa shape index (κ1) is 19.5. The number of carbonyl (C=O) groups is 1. The smallest absolute Gasteiger partial charge is 0.251 e. The Bertz CT molecular complexity index is 976. The van der Waals surface area contributed by atoms with Gasteiger partial charge < -0.3 is 19.5 Å². The topological polar surface area (TPSA) is 69.7 Å². The number of benzene rings is 2. The van der Waals surface area contributed by atoms with Crippen molar-refractivity contribution in [2.75, 3.05) is 21.3 Å². The Morgan fingerprint density at radius 1 is 1.00 bits per heavy atom. The molecule has 0 aliphatic rings. The average Bonchev–Trinajstić information content (AvgIpc) is 2.75. The molecule has 0 saturated heterocycles. The summed E-state index contributed by atoms with van der Waals surface area (Å²) in [5, 5.41) is 5.09. The SMILES string of the molecule is CCc1cc2ccccc2c(CNC(=O)c2cc(OC)c(OC)c(OC)c2)n1. The standard InChI is InChI=1S/C22H24N2O4/c1-5-16-10-14-8-6-7-9-17(14)18(24-16)13-23-22(25)15-11-19(26-2)21(28-4)20(12-15)27-3/h6-12H,5,13H2,1-4H3,(H,23,25). The van der Waals surface area contributed by atoms with Gasteiger partial charge in [0.2, 0.25) is 5.75 Å². The van der Waals surface area contributed by atoms with Crippen LogP contribution in [0, 0.1) is 0 Å². The first-order valence-corrected chi connectivity index (χ1v) is 9.07. The van der Waals surface area contributed by atoms with Gasteiger partial charge in [0, 0.05) is 16.6 Å². The summed E-state index contributed by atoms with van der Waals surface area (Å²) in [5.74, 6) is 1.07. The maximum Gasteiger partial charge on any atom is 0.251 e. The highest BCUT2D eigenvalue weighted by molar-refractivity contribution is 5.96. The normalized spacial score (nSPS) is 10.6. The molecule has 146 valence electrons. The Balaban J connectivity index is 1.88. The number of methoxy groups -OCH3 is 3. The third-order valence-electron chi connectivity index (χ3n) is 4.58. The van der Waals surface area contributed by atoms with Crippen LogP contribution in [0.5, 0.6) is 17.2 Å². The molecule has 0 saturated carbocycles. The summed E-state index contributed by atoms with van der Waals surface area (Å²) in [6, 6.07) is 13.4. The lowest BCUT2D eigenvalue weighted by Gasteiger charge is -2.14. The van der Waals surface area contributed by atoms with Gasteiger partial charge in [-0.15, -0.1) is 0 Å². The molecule has 6 nitrogen and oxygen atoms in total. The van der Waals surface area contributed by atoms with Crippen LogP contribution >= 0.6 is 0 Å². The summed E-state index contributed by atoms with van der Waals surface area (Å²) in [6.45, 7) is 2.39. The maximum absolute atomic E-state index is 12.8. The molecule has 0 fully saturated rings. The third-order valence-corrected chi connectivity index (χ3v) is 4.58. The molecule has 1 N–H and O–H groups in total. The second kappa shape index (κ2) is 8.61. The van der Waals surface area contributed by atoms with E-state index in [1.807, 2.05) is 18.2 Å². The number of nitrogens with zero attached hydrogens (tertiary/aromatic N) is 1. The van der Waals surface area contributed by atoms with Crippen molar-refractivity contribution in [1.82, 2.24) is 10.3 Å². The van der Waals surface area contributed by atoms with Crippen molar-refractivity contribution in [2.24, 2.45) is 0 Å². The maximum atomic E-state index is 12.8. The molecule has 1 aromatic heterocycles. The molecule has 3 aromatic rings. The molecule has 2 aromatic carbocycles. The Morgan fingerprint density at radius 3 is 2.29 bits per heavy atom. The van der Waals surface area contributed by atoms with Gasteiger partial charge in [-0.1, -0.05) is 31.2 Å². The Kier molecular flexibility index (Phi) is 5.99. The highest BCUT2D eigenvalue weighted by Crippen LogP contribution is 2.38. The van der Waals surface area contributed by atoms with Gasteiger partial charge in [-0.2, -0.15) is 0 Å². The van der Waals surface area contributed by atoms with E-state index in [-0.39, 0.29) is 5.91 Å². The first-order chi connectivity index (χ1) is 13.6. The number of amides is 1. The van der Waals surface area contributed by atoms with Crippen LogP contribution in [0.4, 0.5) is 0 Å². The monoisotopic (exact) mass is 380 g/mol. The second-order valence-corrected chi connectivity index (χ2v) is 6.23. The minimum absolute atomic E-state index is 0.243. The van der Waals surface area contributed by atoms with E-state index in [0.717, 1.165) is 28.6 Å². The summed E-state index contributed by atoms with van der Waals surface area (Å²) < 4.78 is 16.0. The van der Waals surface area contributed by atoms with E-state index < -0.39 is 0 Å². The molecule has 3 rings (SSSR count). The van der Waals surface area contributed by atoms with Crippen molar-refractivity contribution in [1.29, 1.82) is 0 Å². The Hall–Kier alpha value is -3.28. The zero-order chi connectivity index (χ0) is 20.1. The Labute approximate surface area is 164 Å². The number of aromatic nitrogens is 1. The lowest BCUT2D eigenvalue weighted by molar-refractivity contribution is 0.0949. The first-order valence-electron chi connectivity index (χ1n) is 9.07. The summed E-state index contributed by atoms with van der Waals surface area (Å²) >= 11 is 0. The average molecular weight is 380 g/mol. The van der Waals surface area contributed by atoms with Gasteiger partial charge in [-0.25, -0.2) is 0 Å². The van der Waals surface area contributed by atoms with Crippen molar-refractivity contribution in [3.8, 4) is 17.2 Å². The van der Waals surface area contributed by atoms with Crippen molar-refractivity contribution in [3.63, 3.8) is 0 Å². The minimum atomic E-state index is -0.243. The zero-order valence-corrected chi connectivity index (χ0v) is 16.5. The largest absolute Gasteiger partial charge is 0.493 e. The van der Waals surface area contributed by atoms with Crippen molar-refractivity contribution in [3.05, 3.63) is 59.4 Å². The molecule has 1 amide bonds. The van der Waals surface area contributed by atoms with Crippen molar-refractivity contribution < 1.29 is 19.0 Å². The minimum Gasteiger partial charge on any atom is -0.493 e. The number of hydrogen-bond donors (Lipinski definition) is 1. The van der Waals surface area contributed by atoms with Gasteiger partial charge >= 0.3 is 0 Å². The molecule has 28 heavy (non-hydrogen) atoms. The van der Waals surface area contributed by atoms with E-state index in [2.05, 4.69) is 24.4 Å². The van der Waals surface area contributed by atoms with E-state index in [0.29, 0.717) is 29.4 Å². The summed E-state index contributed by atoms with van der Waals surface area (Å²) in [4.78, 5) is 17.4. The molecule has 0 spiro atoms. The van der Waals surface area contributed by atoms with Crippen molar-refractivity contribution >= 4 is 16.7 Å². The number of fused-ring (bicyclic) bond motifs is 1. The van der Waals surface area contributed by atoms with E-state index in [9.17, 15) is 4.79 Å². The molecule has 0 atom stereocenters. The van der Waals surface area contributed by atoms with Crippen LogP contribution in [-0.2, 0) is 13.0 Å². The number of carbonyl (C=O) groups excluding carboxylic acids is 1. The fraction of sp³-hybridized carbons (Fsp3) is 0.273. The number of nitrogens with one attached hydrogen (secondary N) is 1. The number of rotatable bonds is 7. The molecule has 1 heterocycles. The molecular formula is C22H24N2O4. The van der Waals surface area contributed by atoms with Crippen molar-refractivity contribution in [2.45, 2.75) is 19.9 Å². The van der Waals surface area contributed by atoms with Crippen LogP contribution < -0.4 is 19.5 Å². The number of ether oxygens (including phenoxy) is 3. The Morgan fingerprint density at radius 2 is 1.68 bits per heavy atom. The molecule has 0 bridgehead atoms. The van der Waals surface area contributed by atoms with Gasteiger partial charge in [0.1, 0.15) is 0 Å². The lowest BCUT2D eigenvalue weighted by Crippen LogP contribution is -2.24. The number of aryl methyl sites for hydroxylation is 1. The van der Waals surface area contributed by atoms with Gasteiger partial charge in [0.25, 0.3) is 5.91 Å². The van der Waals surface area contributed by atoms with Crippen LogP contribution in [0.1, 0.15) is 28.7 Å². The van der Waals surface area contributed by atoms with Gasteiger partial charge in [0.15, 0.2) is 11.5 Å². The van der Waals surface area contributed by atoms with Gasteiger partial charge in [-0.05, 0) is 30.0 Å². The summed E-state index contributed by atoms with van der Waals surface area (Å²) in [7, 11) is 4.56. The fourth-order valence-electron chi connectivity index (χ4n) is 3.13.